The molecule has 1 fully saturated rings. The van der Waals surface area contributed by atoms with Crippen LogP contribution in [0.3, 0.4) is 0 Å². The van der Waals surface area contributed by atoms with Crippen LogP contribution in [0.15, 0.2) is 60.9 Å². The minimum Gasteiger partial charge on any atom is -0.413 e. The number of nitrogens with one attached hydrogen (secondary N) is 1. The molecule has 0 radical (unpaired) electrons. The van der Waals surface area contributed by atoms with Crippen LogP contribution in [-0.4, -0.2) is 38.9 Å². The molecule has 0 spiro atoms. The molecule has 1 saturated carbocycles. The molecule has 1 N–H and O–H groups in total. The summed E-state index contributed by atoms with van der Waals surface area (Å²) in [6.07, 6.45) is 7.07. The largest absolute Gasteiger partial charge is 0.413 e. The van der Waals surface area contributed by atoms with Gasteiger partial charge in [-0.3, -0.25) is 14.8 Å². The smallest absolute Gasteiger partial charge is 0.192 e. The Bertz CT molecular complexity index is 1620. The van der Waals surface area contributed by atoms with Gasteiger partial charge in [0.1, 0.15) is 0 Å². The Hall–Kier alpha value is -2.76. The highest BCUT2D eigenvalue weighted by Crippen LogP contribution is 2.38. The molecular weight excluding hydrogens is 591 g/mol. The molecule has 2 aromatic carbocycles. The third-order valence-corrected chi connectivity index (χ3v) is 18.7. The van der Waals surface area contributed by atoms with E-state index in [0.717, 1.165) is 34.8 Å². The van der Waals surface area contributed by atoms with Gasteiger partial charge in [-0.25, -0.2) is 0 Å². The van der Waals surface area contributed by atoms with Crippen molar-refractivity contribution in [3.63, 3.8) is 0 Å². The first-order valence-electron chi connectivity index (χ1n) is 16.2. The van der Waals surface area contributed by atoms with Crippen LogP contribution in [0.2, 0.25) is 36.3 Å². The fourth-order valence-corrected chi connectivity index (χ4v) is 6.44. The van der Waals surface area contributed by atoms with Gasteiger partial charge in [0, 0.05) is 41.3 Å². The van der Waals surface area contributed by atoms with Gasteiger partial charge in [0.2, 0.25) is 0 Å². The van der Waals surface area contributed by atoms with E-state index in [4.69, 9.17) is 8.85 Å². The lowest BCUT2D eigenvalue weighted by Crippen LogP contribution is -2.40. The van der Waals surface area contributed by atoms with E-state index in [1.54, 1.807) is 6.20 Å². The van der Waals surface area contributed by atoms with Gasteiger partial charge in [0.15, 0.2) is 22.9 Å². The summed E-state index contributed by atoms with van der Waals surface area (Å²) in [5.41, 5.74) is 6.07. The van der Waals surface area contributed by atoms with Crippen molar-refractivity contribution < 1.29 is 13.6 Å². The molecule has 0 atom stereocenters. The summed E-state index contributed by atoms with van der Waals surface area (Å²) in [4.78, 5) is 20.1. The zero-order valence-electron chi connectivity index (χ0n) is 29.1. The first-order valence-corrected chi connectivity index (χ1v) is 22.0. The molecule has 0 saturated heterocycles. The molecule has 0 aliphatic heterocycles. The van der Waals surface area contributed by atoms with E-state index < -0.39 is 16.6 Å². The molecule has 0 unspecified atom stereocenters. The summed E-state index contributed by atoms with van der Waals surface area (Å²) in [5.74, 6) is 0. The fraction of sp³-hybridized carbons (Fsp3) is 0.486. The number of hydrogen-bond donors (Lipinski definition) is 1. The van der Waals surface area contributed by atoms with Gasteiger partial charge in [-0.2, -0.15) is 0 Å². The molecular formula is C37H53N3O3Si2. The minimum atomic E-state index is -1.79. The highest BCUT2D eigenvalue weighted by atomic mass is 28.4. The molecule has 0 bridgehead atoms. The predicted molar refractivity (Wildman–Crippen MR) is 193 cm³/mol. The maximum Gasteiger partial charge on any atom is 0.192 e. The summed E-state index contributed by atoms with van der Waals surface area (Å²) < 4.78 is 12.7. The highest BCUT2D eigenvalue weighted by molar-refractivity contribution is 6.74. The number of nitrogens with zero attached hydrogens (tertiary/aromatic N) is 2. The van der Waals surface area contributed by atoms with E-state index in [0.29, 0.717) is 24.8 Å². The van der Waals surface area contributed by atoms with E-state index >= 15 is 0 Å². The standard InChI is InChI=1S/C20H30N2OSi.C17H23NO2Si/c1-20(2,3)24(4,5)23-14-15-11-16-7-6-10-21-19(16)17(12-15)13-22-18-8-9-18;1-17(2,3)21(4,5)20-12-13-9-14-7-6-8-18-16(14)15(10-13)11-19/h6-7,10-12,18,22H,8-9,13-14H2,1-5H3;6-11H,12H2,1-5H3. The van der Waals surface area contributed by atoms with Crippen LogP contribution in [0, 0.1) is 0 Å². The molecule has 242 valence electrons. The van der Waals surface area contributed by atoms with Crippen LogP contribution in [0.25, 0.3) is 21.8 Å². The van der Waals surface area contributed by atoms with Crippen molar-refractivity contribution >= 4 is 44.7 Å². The number of benzene rings is 2. The Morgan fingerprint density at radius 1 is 0.778 bits per heavy atom. The maximum atomic E-state index is 11.3. The molecule has 4 aromatic rings. The van der Waals surface area contributed by atoms with Crippen molar-refractivity contribution in [1.29, 1.82) is 0 Å². The van der Waals surface area contributed by atoms with Crippen LogP contribution in [0.1, 0.15) is 81.4 Å². The third kappa shape index (κ3) is 9.17. The SMILES string of the molecule is CC(C)(C)[Si](C)(C)OCc1cc(C=O)c2ncccc2c1.CC(C)(C)[Si](C)(C)OCc1cc(CNC2CC2)c2ncccc2c1. The van der Waals surface area contributed by atoms with Crippen molar-refractivity contribution in [3.8, 4) is 0 Å². The first kappa shape index (κ1) is 35.1. The summed E-state index contributed by atoms with van der Waals surface area (Å²) in [6.45, 7) is 24.7. The van der Waals surface area contributed by atoms with E-state index in [-0.39, 0.29) is 10.1 Å². The second kappa shape index (κ2) is 13.9. The van der Waals surface area contributed by atoms with Gasteiger partial charge in [-0.15, -0.1) is 0 Å². The molecule has 1 aliphatic rings. The van der Waals surface area contributed by atoms with Crippen LogP contribution < -0.4 is 5.32 Å². The number of rotatable bonds is 10. The molecule has 1 aliphatic carbocycles. The molecule has 2 aromatic heterocycles. The van der Waals surface area contributed by atoms with Crippen molar-refractivity contribution in [2.45, 2.75) is 116 Å². The Labute approximate surface area is 272 Å². The van der Waals surface area contributed by atoms with Crippen LogP contribution in [0.5, 0.6) is 0 Å². The van der Waals surface area contributed by atoms with Gasteiger partial charge < -0.3 is 14.2 Å². The lowest BCUT2D eigenvalue weighted by molar-refractivity contribution is 0.112. The Balaban J connectivity index is 0.000000207. The monoisotopic (exact) mass is 643 g/mol. The third-order valence-electron chi connectivity index (χ3n) is 9.73. The van der Waals surface area contributed by atoms with Gasteiger partial charge in [-0.05, 0) is 96.1 Å². The lowest BCUT2D eigenvalue weighted by atomic mass is 10.1. The van der Waals surface area contributed by atoms with Gasteiger partial charge in [-0.1, -0.05) is 59.7 Å². The van der Waals surface area contributed by atoms with Crippen LogP contribution in [-0.2, 0) is 28.6 Å². The molecule has 5 rings (SSSR count). The average Bonchev–Trinajstić information content (AvgIpc) is 3.81. The molecule has 6 nitrogen and oxygen atoms in total. The molecule has 2 heterocycles. The normalized spacial score (nSPS) is 14.4. The van der Waals surface area contributed by atoms with Crippen molar-refractivity contribution in [3.05, 3.63) is 83.2 Å². The van der Waals surface area contributed by atoms with E-state index in [1.807, 2.05) is 30.5 Å². The lowest BCUT2D eigenvalue weighted by Gasteiger charge is -2.36. The number of carbonyl (C=O) groups excluding carboxylic acids is 1. The number of aldehydes is 1. The minimum absolute atomic E-state index is 0.179. The highest BCUT2D eigenvalue weighted by Gasteiger charge is 2.38. The Morgan fingerprint density at radius 3 is 1.76 bits per heavy atom. The average molecular weight is 644 g/mol. The second-order valence-electron chi connectivity index (χ2n) is 15.5. The zero-order chi connectivity index (χ0) is 33.0. The number of carbonyl (C=O) groups is 1. The van der Waals surface area contributed by atoms with Crippen LogP contribution >= 0.6 is 0 Å². The number of pyridine rings is 2. The summed E-state index contributed by atoms with van der Waals surface area (Å²) in [7, 11) is -3.52. The van der Waals surface area contributed by atoms with Gasteiger partial charge in [0.25, 0.3) is 0 Å². The number of aromatic nitrogens is 2. The fourth-order valence-electron chi connectivity index (χ4n) is 4.51. The second-order valence-corrected chi connectivity index (χ2v) is 25.1. The van der Waals surface area contributed by atoms with E-state index in [9.17, 15) is 4.79 Å². The predicted octanol–water partition coefficient (Wildman–Crippen LogP) is 9.58. The van der Waals surface area contributed by atoms with Crippen molar-refractivity contribution in [2.75, 3.05) is 0 Å². The van der Waals surface area contributed by atoms with Crippen LogP contribution in [0.4, 0.5) is 0 Å². The maximum absolute atomic E-state index is 11.3. The Morgan fingerprint density at radius 2 is 1.27 bits per heavy atom. The number of fused-ring (bicyclic) bond motifs is 2. The van der Waals surface area contributed by atoms with E-state index in [1.165, 1.54) is 29.4 Å². The molecule has 8 heteroatoms. The van der Waals surface area contributed by atoms with Crippen molar-refractivity contribution in [1.82, 2.24) is 15.3 Å². The van der Waals surface area contributed by atoms with Gasteiger partial charge in [0.05, 0.1) is 24.2 Å². The van der Waals surface area contributed by atoms with Gasteiger partial charge >= 0.3 is 0 Å². The topological polar surface area (TPSA) is 73.3 Å². The summed E-state index contributed by atoms with van der Waals surface area (Å²) >= 11 is 0. The molecule has 45 heavy (non-hydrogen) atoms. The molecule has 0 amide bonds. The summed E-state index contributed by atoms with van der Waals surface area (Å²) in [6, 6.07) is 17.2. The number of hydrogen-bond acceptors (Lipinski definition) is 6. The Kier molecular flexibility index (Phi) is 10.9. The van der Waals surface area contributed by atoms with Crippen molar-refractivity contribution in [2.24, 2.45) is 0 Å². The quantitative estimate of drug-likeness (QED) is 0.137. The zero-order valence-corrected chi connectivity index (χ0v) is 31.1. The summed E-state index contributed by atoms with van der Waals surface area (Å²) in [5, 5.41) is 6.23. The first-order chi connectivity index (χ1) is 21.0. The van der Waals surface area contributed by atoms with E-state index in [2.05, 4.69) is 107 Å².